The van der Waals surface area contributed by atoms with Crippen LogP contribution in [0, 0.1) is 0 Å². The Labute approximate surface area is 140 Å². The largest absolute Gasteiger partial charge is 0.497 e. The number of benzene rings is 1. The SMILES string of the molecule is COc1cc(NC(=O)NCc2nccc(N(C)C)n2)cc(OC)c1. The molecular weight excluding hydrogens is 310 g/mol. The van der Waals surface area contributed by atoms with Crippen LogP contribution in [0.4, 0.5) is 16.3 Å². The van der Waals surface area contributed by atoms with Gasteiger partial charge in [0.25, 0.3) is 0 Å². The molecule has 0 atom stereocenters. The Kier molecular flexibility index (Phi) is 5.78. The van der Waals surface area contributed by atoms with Crippen LogP contribution in [0.2, 0.25) is 0 Å². The number of hydrogen-bond acceptors (Lipinski definition) is 6. The summed E-state index contributed by atoms with van der Waals surface area (Å²) >= 11 is 0. The summed E-state index contributed by atoms with van der Waals surface area (Å²) in [5.41, 5.74) is 0.562. The highest BCUT2D eigenvalue weighted by molar-refractivity contribution is 5.89. The first-order valence-electron chi connectivity index (χ1n) is 7.29. The quantitative estimate of drug-likeness (QED) is 0.840. The summed E-state index contributed by atoms with van der Waals surface area (Å²) in [5, 5.41) is 5.44. The highest BCUT2D eigenvalue weighted by atomic mass is 16.5. The topological polar surface area (TPSA) is 88.6 Å². The fraction of sp³-hybridized carbons (Fsp3) is 0.312. The molecule has 2 amide bonds. The van der Waals surface area contributed by atoms with E-state index in [-0.39, 0.29) is 12.6 Å². The van der Waals surface area contributed by atoms with E-state index in [4.69, 9.17) is 9.47 Å². The number of carbonyl (C=O) groups excluding carboxylic acids is 1. The average molecular weight is 331 g/mol. The standard InChI is InChI=1S/C16H21N5O3/c1-21(2)15-5-6-17-14(20-15)10-18-16(22)19-11-7-12(23-3)9-13(8-11)24-4/h5-9H,10H2,1-4H3,(H2,18,19,22). The number of anilines is 2. The minimum atomic E-state index is -0.371. The molecule has 0 saturated heterocycles. The van der Waals surface area contributed by atoms with Crippen LogP contribution in [0.5, 0.6) is 11.5 Å². The number of nitrogens with one attached hydrogen (secondary N) is 2. The first-order chi connectivity index (χ1) is 11.5. The number of urea groups is 1. The van der Waals surface area contributed by atoms with Crippen LogP contribution in [0.1, 0.15) is 5.82 Å². The number of aromatic nitrogens is 2. The van der Waals surface area contributed by atoms with Crippen molar-refractivity contribution in [3.05, 3.63) is 36.3 Å². The van der Waals surface area contributed by atoms with E-state index in [0.717, 1.165) is 5.82 Å². The molecule has 0 aliphatic carbocycles. The van der Waals surface area contributed by atoms with Crippen molar-refractivity contribution in [2.24, 2.45) is 0 Å². The fourth-order valence-corrected chi connectivity index (χ4v) is 1.94. The van der Waals surface area contributed by atoms with Gasteiger partial charge in [-0.1, -0.05) is 0 Å². The van der Waals surface area contributed by atoms with Gasteiger partial charge in [-0.25, -0.2) is 14.8 Å². The first kappa shape index (κ1) is 17.3. The average Bonchev–Trinajstić information content (AvgIpc) is 2.59. The molecule has 0 aliphatic rings. The Bertz CT molecular complexity index is 684. The summed E-state index contributed by atoms with van der Waals surface area (Å²) in [4.78, 5) is 22.4. The smallest absolute Gasteiger partial charge is 0.319 e. The van der Waals surface area contributed by atoms with Gasteiger partial charge in [-0.05, 0) is 6.07 Å². The second-order valence-electron chi connectivity index (χ2n) is 5.13. The molecule has 1 aromatic carbocycles. The zero-order chi connectivity index (χ0) is 17.5. The minimum absolute atomic E-state index is 0.217. The van der Waals surface area contributed by atoms with Crippen molar-refractivity contribution in [1.82, 2.24) is 15.3 Å². The number of nitrogens with zero attached hydrogens (tertiary/aromatic N) is 3. The monoisotopic (exact) mass is 331 g/mol. The molecular formula is C16H21N5O3. The second kappa shape index (κ2) is 8.00. The molecule has 0 spiro atoms. The highest BCUT2D eigenvalue weighted by Gasteiger charge is 2.07. The number of amides is 2. The third kappa shape index (κ3) is 4.73. The highest BCUT2D eigenvalue weighted by Crippen LogP contribution is 2.25. The van der Waals surface area contributed by atoms with Crippen LogP contribution in [0.3, 0.4) is 0 Å². The number of rotatable bonds is 6. The molecule has 24 heavy (non-hydrogen) atoms. The van der Waals surface area contributed by atoms with Crippen molar-refractivity contribution in [3.8, 4) is 11.5 Å². The maximum atomic E-state index is 12.0. The van der Waals surface area contributed by atoms with Gasteiger partial charge in [-0.2, -0.15) is 0 Å². The lowest BCUT2D eigenvalue weighted by Crippen LogP contribution is -2.29. The molecule has 2 N–H and O–H groups in total. The van der Waals surface area contributed by atoms with Crippen LogP contribution < -0.4 is 25.0 Å². The predicted octanol–water partition coefficient (Wildman–Crippen LogP) is 1.88. The maximum Gasteiger partial charge on any atom is 0.319 e. The molecule has 0 saturated carbocycles. The summed E-state index contributed by atoms with van der Waals surface area (Å²) in [7, 11) is 6.88. The van der Waals surface area contributed by atoms with E-state index >= 15 is 0 Å². The molecule has 0 aliphatic heterocycles. The number of ether oxygens (including phenoxy) is 2. The molecule has 0 unspecified atom stereocenters. The second-order valence-corrected chi connectivity index (χ2v) is 5.13. The fourth-order valence-electron chi connectivity index (χ4n) is 1.94. The predicted molar refractivity (Wildman–Crippen MR) is 91.8 cm³/mol. The summed E-state index contributed by atoms with van der Waals surface area (Å²) in [6, 6.07) is 6.55. The number of methoxy groups -OCH3 is 2. The van der Waals surface area contributed by atoms with E-state index in [0.29, 0.717) is 23.0 Å². The van der Waals surface area contributed by atoms with Gasteiger partial charge in [-0.15, -0.1) is 0 Å². The lowest BCUT2D eigenvalue weighted by molar-refractivity contribution is 0.251. The van der Waals surface area contributed by atoms with Gasteiger partial charge in [-0.3, -0.25) is 0 Å². The van der Waals surface area contributed by atoms with Gasteiger partial charge in [0.15, 0.2) is 0 Å². The Hall–Kier alpha value is -3.03. The molecule has 8 nitrogen and oxygen atoms in total. The third-order valence-electron chi connectivity index (χ3n) is 3.17. The van der Waals surface area contributed by atoms with Crippen molar-refractivity contribution >= 4 is 17.5 Å². The van der Waals surface area contributed by atoms with Crippen LogP contribution in [-0.4, -0.2) is 44.3 Å². The summed E-state index contributed by atoms with van der Waals surface area (Å²) in [6.45, 7) is 0.217. The number of hydrogen-bond donors (Lipinski definition) is 2. The van der Waals surface area contributed by atoms with Gasteiger partial charge in [0.05, 0.1) is 20.8 Å². The molecule has 1 aromatic heterocycles. The molecule has 0 bridgehead atoms. The van der Waals surface area contributed by atoms with Crippen LogP contribution >= 0.6 is 0 Å². The molecule has 0 fully saturated rings. The van der Waals surface area contributed by atoms with Crippen molar-refractivity contribution in [3.63, 3.8) is 0 Å². The minimum Gasteiger partial charge on any atom is -0.497 e. The van der Waals surface area contributed by atoms with Gasteiger partial charge in [0, 0.05) is 44.2 Å². The van der Waals surface area contributed by atoms with Crippen molar-refractivity contribution < 1.29 is 14.3 Å². The van der Waals surface area contributed by atoms with Crippen LogP contribution in [0.25, 0.3) is 0 Å². The third-order valence-corrected chi connectivity index (χ3v) is 3.17. The van der Waals surface area contributed by atoms with Gasteiger partial charge in [0.2, 0.25) is 0 Å². The Morgan fingerprint density at radius 3 is 2.42 bits per heavy atom. The van der Waals surface area contributed by atoms with Crippen molar-refractivity contribution in [2.75, 3.05) is 38.5 Å². The summed E-state index contributed by atoms with van der Waals surface area (Å²) in [6.07, 6.45) is 1.66. The molecule has 128 valence electrons. The summed E-state index contributed by atoms with van der Waals surface area (Å²) < 4.78 is 10.3. The normalized spacial score (nSPS) is 10.0. The molecule has 2 rings (SSSR count). The van der Waals surface area contributed by atoms with Gasteiger partial charge < -0.3 is 25.0 Å². The van der Waals surface area contributed by atoms with E-state index in [2.05, 4.69) is 20.6 Å². The van der Waals surface area contributed by atoms with E-state index in [1.165, 1.54) is 0 Å². The Balaban J connectivity index is 1.97. The zero-order valence-electron chi connectivity index (χ0n) is 14.2. The molecule has 8 heteroatoms. The van der Waals surface area contributed by atoms with Crippen LogP contribution in [-0.2, 0) is 6.54 Å². The van der Waals surface area contributed by atoms with Crippen molar-refractivity contribution in [1.29, 1.82) is 0 Å². The Morgan fingerprint density at radius 2 is 1.83 bits per heavy atom. The zero-order valence-corrected chi connectivity index (χ0v) is 14.2. The van der Waals surface area contributed by atoms with E-state index < -0.39 is 0 Å². The molecule has 1 heterocycles. The van der Waals surface area contributed by atoms with E-state index in [1.807, 2.05) is 19.0 Å². The lowest BCUT2D eigenvalue weighted by atomic mass is 10.3. The van der Waals surface area contributed by atoms with Gasteiger partial charge >= 0.3 is 6.03 Å². The number of carbonyl (C=O) groups is 1. The summed E-state index contributed by atoms with van der Waals surface area (Å²) in [5.74, 6) is 2.48. The first-order valence-corrected chi connectivity index (χ1v) is 7.29. The van der Waals surface area contributed by atoms with E-state index in [9.17, 15) is 4.79 Å². The van der Waals surface area contributed by atoms with Crippen molar-refractivity contribution in [2.45, 2.75) is 6.54 Å². The van der Waals surface area contributed by atoms with Crippen LogP contribution in [0.15, 0.2) is 30.5 Å². The lowest BCUT2D eigenvalue weighted by Gasteiger charge is -2.12. The maximum absolute atomic E-state index is 12.0. The van der Waals surface area contributed by atoms with E-state index in [1.54, 1.807) is 44.7 Å². The Morgan fingerprint density at radius 1 is 1.17 bits per heavy atom. The van der Waals surface area contributed by atoms with Gasteiger partial charge in [0.1, 0.15) is 23.1 Å². The molecule has 2 aromatic rings. The molecule has 0 radical (unpaired) electrons.